The van der Waals surface area contributed by atoms with E-state index in [9.17, 15) is 18.6 Å². The number of hydrogen-bond donors (Lipinski definition) is 2. The zero-order chi connectivity index (χ0) is 22.4. The molecular formula is C18H20Cl3N3O5S. The number of fused-ring (bicyclic) bond motifs is 1. The van der Waals surface area contributed by atoms with Gasteiger partial charge in [0.1, 0.15) is 24.1 Å². The quantitative estimate of drug-likeness (QED) is 0.274. The molecule has 2 fully saturated rings. The molecule has 12 heteroatoms. The highest BCUT2D eigenvalue weighted by Crippen LogP contribution is 2.44. The van der Waals surface area contributed by atoms with Gasteiger partial charge in [-0.1, -0.05) is 53.0 Å². The first kappa shape index (κ1) is 23.1. The van der Waals surface area contributed by atoms with Crippen LogP contribution in [0, 0.1) is 0 Å². The van der Waals surface area contributed by atoms with Crippen LogP contribution in [0.5, 0.6) is 0 Å². The summed E-state index contributed by atoms with van der Waals surface area (Å²) in [6.45, 7) is 2.65. The maximum atomic E-state index is 13.0. The van der Waals surface area contributed by atoms with Crippen LogP contribution in [0.2, 0.25) is 0 Å². The Labute approximate surface area is 190 Å². The first-order chi connectivity index (χ1) is 13.8. The number of rotatable bonds is 5. The Morgan fingerprint density at radius 3 is 2.53 bits per heavy atom. The van der Waals surface area contributed by atoms with Crippen molar-refractivity contribution in [1.82, 2.24) is 10.2 Å². The summed E-state index contributed by atoms with van der Waals surface area (Å²) in [7, 11) is -1.65. The largest absolute Gasteiger partial charge is 0.460 e. The Bertz CT molecular complexity index is 921. The predicted octanol–water partition coefficient (Wildman–Crippen LogP) is 1.29. The van der Waals surface area contributed by atoms with Crippen LogP contribution in [0.25, 0.3) is 0 Å². The van der Waals surface area contributed by atoms with Crippen LogP contribution in [0.3, 0.4) is 0 Å². The highest BCUT2D eigenvalue weighted by Gasteiger charge is 2.68. The third-order valence-corrected chi connectivity index (χ3v) is 7.60. The van der Waals surface area contributed by atoms with Crippen molar-refractivity contribution in [3.63, 3.8) is 0 Å². The lowest BCUT2D eigenvalue weighted by atomic mass is 9.96. The molecule has 8 nitrogen and oxygen atoms in total. The van der Waals surface area contributed by atoms with E-state index in [1.807, 2.05) is 0 Å². The van der Waals surface area contributed by atoms with Crippen molar-refractivity contribution >= 4 is 69.1 Å². The second-order valence-corrected chi connectivity index (χ2v) is 12.2. The molecule has 0 bridgehead atoms. The van der Waals surface area contributed by atoms with Crippen LogP contribution in [-0.4, -0.2) is 59.5 Å². The second-order valence-electron chi connectivity index (χ2n) is 7.58. The van der Waals surface area contributed by atoms with E-state index < -0.39 is 61.2 Å². The SMILES string of the molecule is CC1(C)C(C(=O)OCC(Cl)(Cl)Cl)N2C(=O)[C@H](NC(=O)Cc3ccccc3N)[C@@H]2S1=O. The molecule has 3 N–H and O–H groups in total. The van der Waals surface area contributed by atoms with Gasteiger partial charge in [-0.05, 0) is 25.5 Å². The van der Waals surface area contributed by atoms with Crippen LogP contribution in [-0.2, 0) is 36.3 Å². The molecule has 0 aliphatic carbocycles. The number of carbonyl (C=O) groups is 3. The number of ether oxygens (including phenoxy) is 1. The van der Waals surface area contributed by atoms with Crippen molar-refractivity contribution < 1.29 is 23.3 Å². The molecule has 2 aliphatic rings. The van der Waals surface area contributed by atoms with Crippen molar-refractivity contribution in [3.05, 3.63) is 29.8 Å². The summed E-state index contributed by atoms with van der Waals surface area (Å²) in [5.74, 6) is -1.79. The maximum Gasteiger partial charge on any atom is 0.330 e. The van der Waals surface area contributed by atoms with Gasteiger partial charge in [-0.25, -0.2) is 4.79 Å². The van der Waals surface area contributed by atoms with E-state index in [4.69, 9.17) is 45.3 Å². The van der Waals surface area contributed by atoms with Crippen molar-refractivity contribution in [2.24, 2.45) is 0 Å². The third-order valence-electron chi connectivity index (χ3n) is 5.08. The fourth-order valence-electron chi connectivity index (χ4n) is 3.60. The number of halogens is 3. The first-order valence-corrected chi connectivity index (χ1v) is 11.3. The molecular weight excluding hydrogens is 477 g/mol. The number of hydrogen-bond acceptors (Lipinski definition) is 6. The molecule has 30 heavy (non-hydrogen) atoms. The molecule has 1 aromatic rings. The summed E-state index contributed by atoms with van der Waals surface area (Å²) in [6.07, 6.45) is -0.0338. The summed E-state index contributed by atoms with van der Waals surface area (Å²) in [5, 5.41) is 1.75. The topological polar surface area (TPSA) is 119 Å². The zero-order valence-corrected chi connectivity index (χ0v) is 19.1. The Hall–Kier alpha value is -1.55. The van der Waals surface area contributed by atoms with E-state index in [0.29, 0.717) is 11.3 Å². The van der Waals surface area contributed by atoms with Crippen LogP contribution in [0.4, 0.5) is 5.69 Å². The van der Waals surface area contributed by atoms with Gasteiger partial charge in [0.25, 0.3) is 0 Å². The summed E-state index contributed by atoms with van der Waals surface area (Å²) < 4.78 is 15.1. The molecule has 0 radical (unpaired) electrons. The van der Waals surface area contributed by atoms with Crippen LogP contribution >= 0.6 is 34.8 Å². The number of esters is 1. The molecule has 3 rings (SSSR count). The lowest BCUT2D eigenvalue weighted by molar-refractivity contribution is -0.164. The van der Waals surface area contributed by atoms with Gasteiger partial charge in [0, 0.05) is 5.69 Å². The van der Waals surface area contributed by atoms with Crippen molar-refractivity contribution in [1.29, 1.82) is 0 Å². The average Bonchev–Trinajstić information content (AvgIpc) is 2.83. The third kappa shape index (κ3) is 4.26. The van der Waals surface area contributed by atoms with Crippen molar-refractivity contribution in [2.45, 2.75) is 46.3 Å². The number of β-lactam (4-membered cyclic amide) rings is 1. The van der Waals surface area contributed by atoms with E-state index in [0.717, 1.165) is 0 Å². The van der Waals surface area contributed by atoms with Gasteiger partial charge in [0.2, 0.25) is 15.6 Å². The fourth-order valence-corrected chi connectivity index (χ4v) is 5.68. The minimum Gasteiger partial charge on any atom is -0.460 e. The minimum atomic E-state index is -1.81. The lowest BCUT2D eigenvalue weighted by Gasteiger charge is -2.43. The Morgan fingerprint density at radius 2 is 1.93 bits per heavy atom. The summed E-state index contributed by atoms with van der Waals surface area (Å²) in [5.41, 5.74) is 6.91. The molecule has 1 aromatic carbocycles. The van der Waals surface area contributed by atoms with Gasteiger partial charge in [0.05, 0.1) is 22.0 Å². The number of nitrogens with two attached hydrogens (primary N) is 1. The normalized spacial score (nSPS) is 27.2. The highest BCUT2D eigenvalue weighted by molar-refractivity contribution is 7.87. The molecule has 2 amide bonds. The van der Waals surface area contributed by atoms with Crippen molar-refractivity contribution in [3.8, 4) is 0 Å². The molecule has 4 atom stereocenters. The highest BCUT2D eigenvalue weighted by atomic mass is 35.6. The Morgan fingerprint density at radius 1 is 1.30 bits per heavy atom. The number of nitrogen functional groups attached to an aromatic ring is 1. The molecule has 2 heterocycles. The van der Waals surface area contributed by atoms with Gasteiger partial charge in [-0.15, -0.1) is 0 Å². The first-order valence-electron chi connectivity index (χ1n) is 8.93. The van der Waals surface area contributed by atoms with E-state index >= 15 is 0 Å². The molecule has 2 aliphatic heterocycles. The number of anilines is 1. The van der Waals surface area contributed by atoms with Gasteiger partial charge in [0.15, 0.2) is 0 Å². The predicted molar refractivity (Wildman–Crippen MR) is 114 cm³/mol. The molecule has 2 saturated heterocycles. The molecule has 2 unspecified atom stereocenters. The summed E-state index contributed by atoms with van der Waals surface area (Å²) in [6, 6.07) is 4.74. The van der Waals surface area contributed by atoms with Crippen LogP contribution in [0.15, 0.2) is 24.3 Å². The number of nitrogens with one attached hydrogen (secondary N) is 1. The maximum absolute atomic E-state index is 13.0. The van der Waals surface area contributed by atoms with Crippen LogP contribution in [0.1, 0.15) is 19.4 Å². The van der Waals surface area contributed by atoms with E-state index in [-0.39, 0.29) is 6.42 Å². The average molecular weight is 497 g/mol. The van der Waals surface area contributed by atoms with E-state index in [1.165, 1.54) is 4.90 Å². The zero-order valence-electron chi connectivity index (χ0n) is 16.1. The Balaban J connectivity index is 1.72. The van der Waals surface area contributed by atoms with Gasteiger partial charge in [-0.2, -0.15) is 0 Å². The lowest BCUT2D eigenvalue weighted by Crippen LogP contribution is -2.71. The van der Waals surface area contributed by atoms with Gasteiger partial charge in [-0.3, -0.25) is 13.8 Å². The standard InChI is InChI=1S/C18H20Cl3N3O5S/c1-17(2)13(16(27)29-8-18(19,20)21)24-14(26)12(15(24)30(17)28)23-11(25)7-9-5-3-4-6-10(9)22/h3-6,12-13,15H,7-8,22H2,1-2H3,(H,23,25)/t12-,13?,15-,30?/m0/s1. The van der Waals surface area contributed by atoms with Crippen molar-refractivity contribution in [2.75, 3.05) is 12.3 Å². The molecule has 0 spiro atoms. The second kappa shape index (κ2) is 8.18. The number of para-hydroxylation sites is 1. The number of benzene rings is 1. The number of carbonyl (C=O) groups excluding carboxylic acids is 3. The summed E-state index contributed by atoms with van der Waals surface area (Å²) in [4.78, 5) is 38.9. The Kier molecular flexibility index (Phi) is 6.30. The number of amides is 2. The smallest absolute Gasteiger partial charge is 0.330 e. The molecule has 164 valence electrons. The van der Waals surface area contributed by atoms with E-state index in [2.05, 4.69) is 5.32 Å². The van der Waals surface area contributed by atoms with Gasteiger partial charge >= 0.3 is 5.97 Å². The monoisotopic (exact) mass is 495 g/mol. The number of alkyl halides is 3. The molecule has 0 saturated carbocycles. The fraction of sp³-hybridized carbons (Fsp3) is 0.500. The van der Waals surface area contributed by atoms with Crippen LogP contribution < -0.4 is 11.1 Å². The minimum absolute atomic E-state index is 0.0338. The van der Waals surface area contributed by atoms with Gasteiger partial charge < -0.3 is 20.7 Å². The van der Waals surface area contributed by atoms with E-state index in [1.54, 1.807) is 38.1 Å². The number of nitrogens with zero attached hydrogens (tertiary/aromatic N) is 1. The summed E-state index contributed by atoms with van der Waals surface area (Å²) >= 11 is 16.8. The molecule has 0 aromatic heterocycles.